The van der Waals surface area contributed by atoms with Crippen molar-refractivity contribution in [1.29, 1.82) is 0 Å². The van der Waals surface area contributed by atoms with Crippen LogP contribution in [0, 0.1) is 18.3 Å². The smallest absolute Gasteiger partial charge is 0.243 e. The van der Waals surface area contributed by atoms with E-state index in [0.717, 1.165) is 19.4 Å². The fraction of sp³-hybridized carbons (Fsp3) is 0.632. The number of hydrogen-bond donors (Lipinski definition) is 1. The molecule has 0 aliphatic heterocycles. The maximum atomic E-state index is 11.4. The van der Waals surface area contributed by atoms with Crippen LogP contribution in [-0.2, 0) is 4.79 Å². The third-order valence-electron chi connectivity index (χ3n) is 3.12. The van der Waals surface area contributed by atoms with Crippen LogP contribution in [-0.4, -0.2) is 12.5 Å². The molecule has 0 aliphatic carbocycles. The van der Waals surface area contributed by atoms with Crippen LogP contribution in [0.25, 0.3) is 0 Å². The number of carbonyl (C=O) groups is 1. The van der Waals surface area contributed by atoms with Gasteiger partial charge in [-0.15, -0.1) is 12.3 Å². The van der Waals surface area contributed by atoms with Crippen molar-refractivity contribution in [3.63, 3.8) is 0 Å². The van der Waals surface area contributed by atoms with Gasteiger partial charge < -0.3 is 5.32 Å². The SMILES string of the molecule is C#CCCCCCCCC/C=C/C=C/C(=O)NCC(C)C. The lowest BCUT2D eigenvalue weighted by Gasteiger charge is -2.03. The third-order valence-corrected chi connectivity index (χ3v) is 3.12. The molecule has 2 nitrogen and oxygen atoms in total. The summed E-state index contributed by atoms with van der Waals surface area (Å²) in [6, 6.07) is 0. The van der Waals surface area contributed by atoms with Crippen LogP contribution in [0.4, 0.5) is 0 Å². The van der Waals surface area contributed by atoms with E-state index in [4.69, 9.17) is 6.42 Å². The fourth-order valence-corrected chi connectivity index (χ4v) is 1.88. The molecule has 0 aliphatic rings. The molecular formula is C19H31NO. The van der Waals surface area contributed by atoms with Crippen molar-refractivity contribution in [2.75, 3.05) is 6.54 Å². The molecule has 118 valence electrons. The molecular weight excluding hydrogens is 258 g/mol. The quantitative estimate of drug-likeness (QED) is 0.241. The van der Waals surface area contributed by atoms with Crippen molar-refractivity contribution in [2.45, 2.75) is 65.2 Å². The zero-order valence-corrected chi connectivity index (χ0v) is 13.7. The minimum Gasteiger partial charge on any atom is -0.352 e. The zero-order valence-electron chi connectivity index (χ0n) is 13.7. The molecule has 0 atom stereocenters. The van der Waals surface area contributed by atoms with Gasteiger partial charge in [0.2, 0.25) is 5.91 Å². The molecule has 0 aromatic carbocycles. The van der Waals surface area contributed by atoms with E-state index in [-0.39, 0.29) is 5.91 Å². The summed E-state index contributed by atoms with van der Waals surface area (Å²) in [5.74, 6) is 3.15. The second-order valence-electron chi connectivity index (χ2n) is 5.79. The Morgan fingerprint density at radius 2 is 1.76 bits per heavy atom. The Morgan fingerprint density at radius 3 is 2.43 bits per heavy atom. The van der Waals surface area contributed by atoms with Crippen molar-refractivity contribution in [3.8, 4) is 12.3 Å². The number of allylic oxidation sites excluding steroid dienone is 3. The van der Waals surface area contributed by atoms with Crippen LogP contribution < -0.4 is 5.32 Å². The average Bonchev–Trinajstić information content (AvgIpc) is 2.46. The lowest BCUT2D eigenvalue weighted by atomic mass is 10.1. The zero-order chi connectivity index (χ0) is 15.8. The number of terminal acetylenes is 1. The summed E-state index contributed by atoms with van der Waals surface area (Å²) in [5, 5.41) is 2.85. The Hall–Kier alpha value is -1.49. The summed E-state index contributed by atoms with van der Waals surface area (Å²) < 4.78 is 0. The maximum absolute atomic E-state index is 11.4. The molecule has 0 unspecified atom stereocenters. The lowest BCUT2D eigenvalue weighted by molar-refractivity contribution is -0.116. The molecule has 0 spiro atoms. The highest BCUT2D eigenvalue weighted by Gasteiger charge is 1.95. The summed E-state index contributed by atoms with van der Waals surface area (Å²) in [5.41, 5.74) is 0. The number of amides is 1. The molecule has 0 heterocycles. The monoisotopic (exact) mass is 289 g/mol. The minimum atomic E-state index is -0.0136. The first kappa shape index (κ1) is 19.5. The molecule has 0 radical (unpaired) electrons. The molecule has 2 heteroatoms. The van der Waals surface area contributed by atoms with E-state index in [0.29, 0.717) is 5.92 Å². The number of rotatable bonds is 12. The Balaban J connectivity index is 3.40. The number of carbonyl (C=O) groups excluding carboxylic acids is 1. The van der Waals surface area contributed by atoms with Gasteiger partial charge in [-0.1, -0.05) is 57.8 Å². The summed E-state index contributed by atoms with van der Waals surface area (Å²) >= 11 is 0. The highest BCUT2D eigenvalue weighted by atomic mass is 16.1. The number of hydrogen-bond acceptors (Lipinski definition) is 1. The first-order valence-electron chi connectivity index (χ1n) is 8.21. The molecule has 21 heavy (non-hydrogen) atoms. The summed E-state index contributed by atoms with van der Waals surface area (Å²) in [6.45, 7) is 4.90. The third kappa shape index (κ3) is 16.5. The lowest BCUT2D eigenvalue weighted by Crippen LogP contribution is -2.25. The number of nitrogens with one attached hydrogen (secondary N) is 1. The predicted molar refractivity (Wildman–Crippen MR) is 91.9 cm³/mol. The van der Waals surface area contributed by atoms with Gasteiger partial charge in [0.1, 0.15) is 0 Å². The van der Waals surface area contributed by atoms with E-state index in [1.54, 1.807) is 6.08 Å². The van der Waals surface area contributed by atoms with Gasteiger partial charge in [-0.2, -0.15) is 0 Å². The van der Waals surface area contributed by atoms with E-state index < -0.39 is 0 Å². The van der Waals surface area contributed by atoms with Gasteiger partial charge >= 0.3 is 0 Å². The van der Waals surface area contributed by atoms with E-state index in [1.807, 2.05) is 12.2 Å². The van der Waals surface area contributed by atoms with Crippen LogP contribution in [0.3, 0.4) is 0 Å². The first-order chi connectivity index (χ1) is 10.2. The molecule has 0 rings (SSSR count). The van der Waals surface area contributed by atoms with Gasteiger partial charge in [0, 0.05) is 19.0 Å². The van der Waals surface area contributed by atoms with E-state index in [2.05, 4.69) is 31.2 Å². The van der Waals surface area contributed by atoms with Crippen LogP contribution in [0.2, 0.25) is 0 Å². The molecule has 0 aromatic heterocycles. The van der Waals surface area contributed by atoms with Gasteiger partial charge in [0.15, 0.2) is 0 Å². The minimum absolute atomic E-state index is 0.0136. The second-order valence-corrected chi connectivity index (χ2v) is 5.79. The van der Waals surface area contributed by atoms with Crippen molar-refractivity contribution in [3.05, 3.63) is 24.3 Å². The molecule has 1 N–H and O–H groups in total. The van der Waals surface area contributed by atoms with Crippen LogP contribution in [0.1, 0.15) is 65.2 Å². The first-order valence-corrected chi connectivity index (χ1v) is 8.21. The summed E-state index contributed by atoms with van der Waals surface area (Å²) in [4.78, 5) is 11.4. The normalized spacial score (nSPS) is 11.3. The standard InChI is InChI=1S/C19H31NO/c1-4-5-6-7-8-9-10-11-12-13-14-15-16-19(21)20-17-18(2)3/h1,13-16,18H,5-12,17H2,2-3H3,(H,20,21)/b14-13+,16-15+. The van der Waals surface area contributed by atoms with Crippen LogP contribution >= 0.6 is 0 Å². The molecule has 0 saturated carbocycles. The summed E-state index contributed by atoms with van der Waals surface area (Å²) in [7, 11) is 0. The largest absolute Gasteiger partial charge is 0.352 e. The van der Waals surface area contributed by atoms with E-state index in [9.17, 15) is 4.79 Å². The molecule has 1 amide bonds. The predicted octanol–water partition coefficient (Wildman–Crippen LogP) is 4.63. The van der Waals surface area contributed by atoms with E-state index >= 15 is 0 Å². The average molecular weight is 289 g/mol. The van der Waals surface area contributed by atoms with Gasteiger partial charge in [-0.3, -0.25) is 4.79 Å². The molecule has 0 bridgehead atoms. The van der Waals surface area contributed by atoms with Crippen LogP contribution in [0.15, 0.2) is 24.3 Å². The van der Waals surface area contributed by atoms with Crippen molar-refractivity contribution < 1.29 is 4.79 Å². The molecule has 0 fully saturated rings. The van der Waals surface area contributed by atoms with Crippen molar-refractivity contribution in [1.82, 2.24) is 5.32 Å². The second kappa shape index (κ2) is 14.9. The Bertz CT molecular complexity index is 347. The maximum Gasteiger partial charge on any atom is 0.243 e. The van der Waals surface area contributed by atoms with Crippen LogP contribution in [0.5, 0.6) is 0 Å². The van der Waals surface area contributed by atoms with Gasteiger partial charge in [0.05, 0.1) is 0 Å². The molecule has 0 saturated heterocycles. The van der Waals surface area contributed by atoms with Crippen molar-refractivity contribution >= 4 is 5.91 Å². The Labute approximate surface area is 131 Å². The number of unbranched alkanes of at least 4 members (excludes halogenated alkanes) is 7. The Morgan fingerprint density at radius 1 is 1.10 bits per heavy atom. The van der Waals surface area contributed by atoms with Gasteiger partial charge in [-0.25, -0.2) is 0 Å². The van der Waals surface area contributed by atoms with Crippen molar-refractivity contribution in [2.24, 2.45) is 5.92 Å². The molecule has 0 aromatic rings. The topological polar surface area (TPSA) is 29.1 Å². The van der Waals surface area contributed by atoms with Gasteiger partial charge in [-0.05, 0) is 25.2 Å². The highest BCUT2D eigenvalue weighted by molar-refractivity contribution is 5.87. The van der Waals surface area contributed by atoms with Gasteiger partial charge in [0.25, 0.3) is 0 Å². The summed E-state index contributed by atoms with van der Waals surface area (Å²) in [6.07, 6.45) is 22.2. The van der Waals surface area contributed by atoms with E-state index in [1.165, 1.54) is 38.5 Å². The fourth-order valence-electron chi connectivity index (χ4n) is 1.88. The Kier molecular flexibility index (Phi) is 13.9. The highest BCUT2D eigenvalue weighted by Crippen LogP contribution is 2.08.